The number of carbonyl (C=O) groups is 2. The van der Waals surface area contributed by atoms with Gasteiger partial charge in [0.2, 0.25) is 0 Å². The predicted octanol–water partition coefficient (Wildman–Crippen LogP) is 5.78. The van der Waals surface area contributed by atoms with Gasteiger partial charge < -0.3 is 0 Å². The molecule has 4 rings (SSSR count). The monoisotopic (exact) mass is 504 g/mol. The molecule has 0 spiro atoms. The molecule has 0 amide bonds. The van der Waals surface area contributed by atoms with Crippen molar-refractivity contribution in [3.63, 3.8) is 0 Å². The van der Waals surface area contributed by atoms with Gasteiger partial charge in [0.05, 0.1) is 29.7 Å². The lowest BCUT2D eigenvalue weighted by molar-refractivity contribution is 0.111. The van der Waals surface area contributed by atoms with Crippen molar-refractivity contribution in [1.82, 2.24) is 19.9 Å². The number of halogens is 4. The molecule has 0 saturated heterocycles. The maximum Gasteiger partial charge on any atom is 0.171 e. The summed E-state index contributed by atoms with van der Waals surface area (Å²) < 4.78 is -1.40. The molecule has 10 heteroatoms. The van der Waals surface area contributed by atoms with E-state index in [4.69, 9.17) is 46.4 Å². The van der Waals surface area contributed by atoms with Gasteiger partial charge in [-0.25, -0.2) is 19.9 Å². The molecule has 0 saturated carbocycles. The third-order valence-corrected chi connectivity index (χ3v) is 6.29. The van der Waals surface area contributed by atoms with Crippen LogP contribution < -0.4 is 0 Å². The van der Waals surface area contributed by atoms with Crippen molar-refractivity contribution in [2.24, 2.45) is 0 Å². The van der Waals surface area contributed by atoms with Crippen molar-refractivity contribution < 1.29 is 9.59 Å². The van der Waals surface area contributed by atoms with Crippen LogP contribution in [0.3, 0.4) is 0 Å². The highest BCUT2D eigenvalue weighted by Crippen LogP contribution is 2.50. The molecule has 1 aliphatic carbocycles. The highest BCUT2D eigenvalue weighted by Gasteiger charge is 2.41. The highest BCUT2D eigenvalue weighted by atomic mass is 35.5. The second-order valence-corrected chi connectivity index (χ2v) is 8.89. The van der Waals surface area contributed by atoms with Crippen LogP contribution in [0.1, 0.15) is 38.2 Å². The molecule has 0 fully saturated rings. The molecule has 1 atom stereocenters. The smallest absolute Gasteiger partial charge is 0.171 e. The topological polar surface area (TPSA) is 85.7 Å². The van der Waals surface area contributed by atoms with Crippen LogP contribution in [0.2, 0.25) is 10.3 Å². The van der Waals surface area contributed by atoms with Gasteiger partial charge in [-0.15, -0.1) is 0 Å². The summed E-state index contributed by atoms with van der Waals surface area (Å²) in [5.74, 6) is -0.568. The number of hydrogen-bond acceptors (Lipinski definition) is 6. The maximum atomic E-state index is 11.0. The minimum atomic E-state index is -1.40. The van der Waals surface area contributed by atoms with Gasteiger partial charge in [-0.1, -0.05) is 82.8 Å². The Labute approximate surface area is 202 Å². The predicted molar refractivity (Wildman–Crippen MR) is 125 cm³/mol. The van der Waals surface area contributed by atoms with Crippen LogP contribution in [0.15, 0.2) is 54.9 Å². The van der Waals surface area contributed by atoms with Crippen LogP contribution in [0, 0.1) is 0 Å². The van der Waals surface area contributed by atoms with Crippen LogP contribution in [0.4, 0.5) is 0 Å². The average molecular weight is 506 g/mol. The van der Waals surface area contributed by atoms with E-state index < -0.39 is 10.3 Å². The number of allylic oxidation sites excluding steroid dienone is 4. The van der Waals surface area contributed by atoms with E-state index in [9.17, 15) is 9.59 Å². The summed E-state index contributed by atoms with van der Waals surface area (Å²) in [5, 5.41) is -0.0107. The molecule has 32 heavy (non-hydrogen) atoms. The minimum absolute atomic E-state index is 0.0149. The molecule has 0 radical (unpaired) electrons. The fraction of sp³-hybridized carbons (Fsp3) is 0.0909. The summed E-state index contributed by atoms with van der Waals surface area (Å²) in [6, 6.07) is 7.35. The molecule has 6 nitrogen and oxygen atoms in total. The fourth-order valence-corrected chi connectivity index (χ4v) is 4.38. The lowest BCUT2D eigenvalue weighted by Crippen LogP contribution is -2.27. The van der Waals surface area contributed by atoms with Crippen molar-refractivity contribution in [1.29, 1.82) is 0 Å². The summed E-state index contributed by atoms with van der Waals surface area (Å²) >= 11 is 25.7. The quantitative estimate of drug-likeness (QED) is 0.323. The van der Waals surface area contributed by atoms with Crippen LogP contribution in [-0.4, -0.2) is 36.8 Å². The van der Waals surface area contributed by atoms with E-state index in [0.717, 1.165) is 5.56 Å². The van der Waals surface area contributed by atoms with Gasteiger partial charge in [0.1, 0.15) is 11.4 Å². The number of aldehydes is 2. The number of nitrogens with zero attached hydrogens (tertiary/aromatic N) is 4. The van der Waals surface area contributed by atoms with Crippen LogP contribution in [0.25, 0.3) is 16.8 Å². The Morgan fingerprint density at radius 3 is 2.22 bits per heavy atom. The van der Waals surface area contributed by atoms with E-state index in [2.05, 4.69) is 19.9 Å². The Morgan fingerprint density at radius 1 is 0.906 bits per heavy atom. The van der Waals surface area contributed by atoms with Crippen molar-refractivity contribution >= 4 is 64.5 Å². The Balaban J connectivity index is 1.72. The van der Waals surface area contributed by atoms with Gasteiger partial charge in [0.25, 0.3) is 0 Å². The number of alkyl halides is 2. The van der Waals surface area contributed by atoms with Gasteiger partial charge in [0, 0.05) is 5.56 Å². The van der Waals surface area contributed by atoms with Crippen LogP contribution in [-0.2, 0) is 0 Å². The molecular weight excluding hydrogens is 494 g/mol. The van der Waals surface area contributed by atoms with E-state index in [0.29, 0.717) is 35.1 Å². The zero-order chi connectivity index (χ0) is 22.9. The lowest BCUT2D eigenvalue weighted by atomic mass is 9.86. The van der Waals surface area contributed by atoms with E-state index in [-0.39, 0.29) is 21.7 Å². The number of aromatic nitrogens is 4. The third kappa shape index (κ3) is 4.19. The van der Waals surface area contributed by atoms with Crippen molar-refractivity contribution in [2.75, 3.05) is 0 Å². The minimum Gasteiger partial charge on any atom is -0.296 e. The Morgan fingerprint density at radius 2 is 1.56 bits per heavy atom. The highest BCUT2D eigenvalue weighted by molar-refractivity contribution is 6.55. The molecule has 0 N–H and O–H groups in total. The van der Waals surface area contributed by atoms with Gasteiger partial charge in [0.15, 0.2) is 27.2 Å². The fourth-order valence-electron chi connectivity index (χ4n) is 3.29. The molecule has 2 heterocycles. The number of carbonyl (C=O) groups excluding carboxylic acids is 2. The number of hydrogen-bond donors (Lipinski definition) is 0. The summed E-state index contributed by atoms with van der Waals surface area (Å²) in [7, 11) is 0. The second kappa shape index (κ2) is 9.08. The molecule has 1 aliphatic rings. The van der Waals surface area contributed by atoms with Gasteiger partial charge in [-0.05, 0) is 17.2 Å². The molecular formula is C22H12Cl4N4O2. The first-order valence-electron chi connectivity index (χ1n) is 9.18. The summed E-state index contributed by atoms with van der Waals surface area (Å²) in [6.45, 7) is 0. The van der Waals surface area contributed by atoms with E-state index in [1.165, 1.54) is 12.4 Å². The molecule has 0 aliphatic heterocycles. The van der Waals surface area contributed by atoms with Gasteiger partial charge >= 0.3 is 0 Å². The van der Waals surface area contributed by atoms with Gasteiger partial charge in [-0.2, -0.15) is 0 Å². The Kier molecular flexibility index (Phi) is 6.40. The summed E-state index contributed by atoms with van der Waals surface area (Å²) in [5.41, 5.74) is 3.08. The number of rotatable bonds is 5. The van der Waals surface area contributed by atoms with E-state index >= 15 is 0 Å². The molecule has 1 aromatic carbocycles. The molecule has 160 valence electrons. The first-order valence-corrected chi connectivity index (χ1v) is 10.7. The average Bonchev–Trinajstić information content (AvgIpc) is 2.78. The van der Waals surface area contributed by atoms with Crippen LogP contribution >= 0.6 is 46.4 Å². The van der Waals surface area contributed by atoms with E-state index in [1.807, 2.05) is 30.3 Å². The first-order chi connectivity index (χ1) is 15.3. The second-order valence-electron chi connectivity index (χ2n) is 6.78. The van der Waals surface area contributed by atoms with E-state index in [1.54, 1.807) is 12.2 Å². The maximum absolute atomic E-state index is 11.0. The summed E-state index contributed by atoms with van der Waals surface area (Å²) in [4.78, 5) is 38.5. The zero-order valence-electron chi connectivity index (χ0n) is 16.0. The standard InChI is InChI=1S/C22H12Cl4N4O2/c23-20-18(10-31)27-8-16(29-20)13-4-1-3-12(7-13)14-5-2-6-15(22(14,25)26)17-9-28-19(11-32)21(24)30-17/h1-11,15H. The van der Waals surface area contributed by atoms with Crippen LogP contribution in [0.5, 0.6) is 0 Å². The Bertz CT molecular complexity index is 1290. The Hall–Kier alpha value is -2.64. The molecule has 3 aromatic rings. The van der Waals surface area contributed by atoms with Gasteiger partial charge in [-0.3, -0.25) is 9.59 Å². The molecule has 0 bridgehead atoms. The number of benzene rings is 1. The third-order valence-electron chi connectivity index (χ3n) is 4.86. The molecule has 2 aromatic heterocycles. The SMILES string of the molecule is O=Cc1ncc(-c2cccc(C3=CC=CC(c4cnc(C=O)c(Cl)n4)C3(Cl)Cl)c2)nc1Cl. The largest absolute Gasteiger partial charge is 0.296 e. The summed E-state index contributed by atoms with van der Waals surface area (Å²) in [6.07, 6.45) is 9.37. The molecule has 1 unspecified atom stereocenters. The van der Waals surface area contributed by atoms with Crippen molar-refractivity contribution in [2.45, 2.75) is 10.3 Å². The zero-order valence-corrected chi connectivity index (χ0v) is 19.1. The first kappa shape index (κ1) is 22.6. The van der Waals surface area contributed by atoms with Crippen molar-refractivity contribution in [3.8, 4) is 11.3 Å². The lowest BCUT2D eigenvalue weighted by Gasteiger charge is -2.32. The van der Waals surface area contributed by atoms with Crippen molar-refractivity contribution in [3.05, 3.63) is 87.8 Å². The normalized spacial score (nSPS) is 17.0.